The van der Waals surface area contributed by atoms with Gasteiger partial charge in [0.25, 0.3) is 5.91 Å². The van der Waals surface area contributed by atoms with Crippen molar-refractivity contribution in [3.8, 4) is 11.3 Å². The van der Waals surface area contributed by atoms with E-state index in [1.807, 2.05) is 5.38 Å². The van der Waals surface area contributed by atoms with Crippen LogP contribution in [0.15, 0.2) is 35.7 Å². The normalized spacial score (nSPS) is 13.5. The molecule has 2 heterocycles. The molecule has 0 saturated carbocycles. The first-order valence-electron chi connectivity index (χ1n) is 8.70. The van der Waals surface area contributed by atoms with Crippen LogP contribution >= 0.6 is 22.7 Å². The van der Waals surface area contributed by atoms with Crippen molar-refractivity contribution in [1.29, 1.82) is 0 Å². The van der Waals surface area contributed by atoms with Crippen LogP contribution in [0.5, 0.6) is 0 Å². The molecule has 128 valence electrons. The lowest BCUT2D eigenvalue weighted by molar-refractivity contribution is 0.103. The second-order valence-corrected chi connectivity index (χ2v) is 8.30. The third-order valence-corrected chi connectivity index (χ3v) is 6.60. The molecule has 0 spiro atoms. The highest BCUT2D eigenvalue weighted by Crippen LogP contribution is 2.31. The second kappa shape index (κ2) is 7.10. The second-order valence-electron chi connectivity index (χ2n) is 6.31. The van der Waals surface area contributed by atoms with E-state index in [0.717, 1.165) is 35.4 Å². The average molecular weight is 369 g/mol. The molecule has 1 N–H and O–H groups in total. The molecule has 1 aliphatic rings. The van der Waals surface area contributed by atoms with E-state index in [9.17, 15) is 4.79 Å². The topological polar surface area (TPSA) is 42.0 Å². The van der Waals surface area contributed by atoms with E-state index >= 15 is 0 Å². The van der Waals surface area contributed by atoms with Crippen molar-refractivity contribution in [2.45, 2.75) is 39.0 Å². The van der Waals surface area contributed by atoms with Crippen LogP contribution in [0.2, 0.25) is 0 Å². The number of thiophene rings is 1. The smallest absolute Gasteiger partial charge is 0.267 e. The number of thiazole rings is 1. The molecule has 4 rings (SSSR count). The number of aryl methyl sites for hydroxylation is 3. The van der Waals surface area contributed by atoms with Gasteiger partial charge in [-0.05, 0) is 49.3 Å². The number of benzene rings is 1. The van der Waals surface area contributed by atoms with Gasteiger partial charge < -0.3 is 0 Å². The van der Waals surface area contributed by atoms with Crippen LogP contribution < -0.4 is 5.32 Å². The first-order valence-corrected chi connectivity index (χ1v) is 10.4. The fraction of sp³-hybridized carbons (Fsp3) is 0.300. The number of hydrogen-bond acceptors (Lipinski definition) is 4. The highest BCUT2D eigenvalue weighted by molar-refractivity contribution is 7.15. The minimum atomic E-state index is -0.0402. The molecule has 0 atom stereocenters. The largest absolute Gasteiger partial charge is 0.297 e. The summed E-state index contributed by atoms with van der Waals surface area (Å²) >= 11 is 3.11. The molecule has 25 heavy (non-hydrogen) atoms. The van der Waals surface area contributed by atoms with Crippen LogP contribution in [0.25, 0.3) is 11.3 Å². The van der Waals surface area contributed by atoms with E-state index in [2.05, 4.69) is 47.6 Å². The molecule has 5 heteroatoms. The summed E-state index contributed by atoms with van der Waals surface area (Å²) in [5.41, 5.74) is 4.67. The molecule has 0 saturated heterocycles. The molecule has 2 aromatic heterocycles. The number of carbonyl (C=O) groups excluding carboxylic acids is 1. The molecule has 3 aromatic rings. The number of nitrogens with zero attached hydrogens (tertiary/aromatic N) is 1. The first-order chi connectivity index (χ1) is 12.2. The standard InChI is InChI=1S/C20H20N2OS2/c1-2-13-7-9-14(10-8-13)16-12-24-20(21-16)22-19(23)18-11-15-5-3-4-6-17(15)25-18/h7-12H,2-6H2,1H3,(H,21,22,23). The third kappa shape index (κ3) is 3.53. The van der Waals surface area contributed by atoms with Crippen molar-refractivity contribution in [2.75, 3.05) is 5.32 Å². The highest BCUT2D eigenvalue weighted by Gasteiger charge is 2.18. The van der Waals surface area contributed by atoms with E-state index in [1.54, 1.807) is 11.3 Å². The summed E-state index contributed by atoms with van der Waals surface area (Å²) in [5, 5.41) is 5.61. The highest BCUT2D eigenvalue weighted by atomic mass is 32.1. The quantitative estimate of drug-likeness (QED) is 0.654. The Morgan fingerprint density at radius 3 is 2.76 bits per heavy atom. The van der Waals surface area contributed by atoms with Gasteiger partial charge in [-0.1, -0.05) is 31.2 Å². The maximum absolute atomic E-state index is 12.5. The molecule has 1 aromatic carbocycles. The lowest BCUT2D eigenvalue weighted by Crippen LogP contribution is -2.09. The van der Waals surface area contributed by atoms with Crippen molar-refractivity contribution in [1.82, 2.24) is 4.98 Å². The fourth-order valence-corrected chi connectivity index (χ4v) is 5.00. The number of anilines is 1. The summed E-state index contributed by atoms with van der Waals surface area (Å²) in [6.07, 6.45) is 5.72. The summed E-state index contributed by atoms with van der Waals surface area (Å²) in [7, 11) is 0. The molecule has 3 nitrogen and oxygen atoms in total. The monoisotopic (exact) mass is 368 g/mol. The summed E-state index contributed by atoms with van der Waals surface area (Å²) < 4.78 is 0. The minimum absolute atomic E-state index is 0.0402. The summed E-state index contributed by atoms with van der Waals surface area (Å²) in [6, 6.07) is 10.5. The van der Waals surface area contributed by atoms with Gasteiger partial charge in [0, 0.05) is 15.8 Å². The van der Waals surface area contributed by atoms with Crippen LogP contribution in [0.4, 0.5) is 5.13 Å². The zero-order chi connectivity index (χ0) is 17.2. The molecule has 1 aliphatic carbocycles. The Hall–Kier alpha value is -1.98. The Labute approximate surface area is 155 Å². The predicted octanol–water partition coefficient (Wildman–Crippen LogP) is 5.57. The number of amides is 1. The summed E-state index contributed by atoms with van der Waals surface area (Å²) in [4.78, 5) is 19.3. The van der Waals surface area contributed by atoms with Crippen LogP contribution in [0, 0.1) is 0 Å². The van der Waals surface area contributed by atoms with Crippen LogP contribution in [-0.4, -0.2) is 10.9 Å². The molecule has 1 amide bonds. The van der Waals surface area contributed by atoms with E-state index in [-0.39, 0.29) is 5.91 Å². The number of rotatable bonds is 4. The molecule has 0 radical (unpaired) electrons. The number of fused-ring (bicyclic) bond motifs is 1. The lowest BCUT2D eigenvalue weighted by Gasteiger charge is -2.08. The lowest BCUT2D eigenvalue weighted by atomic mass is 9.99. The van der Waals surface area contributed by atoms with Crippen molar-refractivity contribution in [2.24, 2.45) is 0 Å². The van der Waals surface area contributed by atoms with E-state index < -0.39 is 0 Å². The van der Waals surface area contributed by atoms with Gasteiger partial charge in [-0.25, -0.2) is 4.98 Å². The zero-order valence-corrected chi connectivity index (χ0v) is 15.8. The Kier molecular flexibility index (Phi) is 4.68. The molecule has 0 fully saturated rings. The van der Waals surface area contributed by atoms with Crippen molar-refractivity contribution >= 4 is 33.7 Å². The minimum Gasteiger partial charge on any atom is -0.297 e. The Bertz CT molecular complexity index is 869. The van der Waals surface area contributed by atoms with Gasteiger partial charge in [-0.2, -0.15) is 0 Å². The van der Waals surface area contributed by atoms with Crippen LogP contribution in [0.1, 0.15) is 45.4 Å². The van der Waals surface area contributed by atoms with Crippen LogP contribution in [-0.2, 0) is 19.3 Å². The SMILES string of the molecule is CCc1ccc(-c2csc(NC(=O)c3cc4c(s3)CCCC4)n2)cc1. The van der Waals surface area contributed by atoms with Gasteiger partial charge in [-0.3, -0.25) is 10.1 Å². The van der Waals surface area contributed by atoms with E-state index in [0.29, 0.717) is 5.13 Å². The maximum atomic E-state index is 12.5. The summed E-state index contributed by atoms with van der Waals surface area (Å²) in [5.74, 6) is -0.0402. The molecule has 0 aliphatic heterocycles. The van der Waals surface area contributed by atoms with Crippen LogP contribution in [0.3, 0.4) is 0 Å². The maximum Gasteiger partial charge on any atom is 0.267 e. The van der Waals surface area contributed by atoms with Crippen molar-refractivity contribution in [3.05, 3.63) is 56.6 Å². The average Bonchev–Trinajstić information content (AvgIpc) is 3.28. The molecular weight excluding hydrogens is 348 g/mol. The number of carbonyl (C=O) groups is 1. The van der Waals surface area contributed by atoms with Gasteiger partial charge in [0.05, 0.1) is 10.6 Å². The Morgan fingerprint density at radius 2 is 2.00 bits per heavy atom. The van der Waals surface area contributed by atoms with Gasteiger partial charge in [0.15, 0.2) is 5.13 Å². The van der Waals surface area contributed by atoms with Gasteiger partial charge in [-0.15, -0.1) is 22.7 Å². The number of hydrogen-bond donors (Lipinski definition) is 1. The van der Waals surface area contributed by atoms with Gasteiger partial charge >= 0.3 is 0 Å². The first kappa shape index (κ1) is 16.5. The summed E-state index contributed by atoms with van der Waals surface area (Å²) in [6.45, 7) is 2.15. The van der Waals surface area contributed by atoms with Crippen molar-refractivity contribution < 1.29 is 4.79 Å². The Balaban J connectivity index is 1.48. The van der Waals surface area contributed by atoms with E-state index in [1.165, 1.54) is 40.2 Å². The number of nitrogens with one attached hydrogen (secondary N) is 1. The molecular formula is C20H20N2OS2. The van der Waals surface area contributed by atoms with Crippen molar-refractivity contribution in [3.63, 3.8) is 0 Å². The fourth-order valence-electron chi connectivity index (χ4n) is 3.14. The molecule has 0 bridgehead atoms. The Morgan fingerprint density at radius 1 is 1.20 bits per heavy atom. The third-order valence-electron chi connectivity index (χ3n) is 4.60. The zero-order valence-electron chi connectivity index (χ0n) is 14.2. The number of aromatic nitrogens is 1. The predicted molar refractivity (Wildman–Crippen MR) is 106 cm³/mol. The van der Waals surface area contributed by atoms with Gasteiger partial charge in [0.2, 0.25) is 0 Å². The van der Waals surface area contributed by atoms with Gasteiger partial charge in [0.1, 0.15) is 0 Å². The van der Waals surface area contributed by atoms with E-state index in [4.69, 9.17) is 0 Å². The molecule has 0 unspecified atom stereocenters.